The fourth-order valence-electron chi connectivity index (χ4n) is 3.07. The summed E-state index contributed by atoms with van der Waals surface area (Å²) in [4.78, 5) is 0. The smallest absolute Gasteiger partial charge is 0.285 e. The second-order valence-corrected chi connectivity index (χ2v) is 6.37. The number of hydrogen-bond acceptors (Lipinski definition) is 3. The molecule has 0 aromatic carbocycles. The van der Waals surface area contributed by atoms with Gasteiger partial charge in [-0.3, -0.25) is 0 Å². The molecule has 0 radical (unpaired) electrons. The van der Waals surface area contributed by atoms with E-state index < -0.39 is 5.97 Å². The second-order valence-electron chi connectivity index (χ2n) is 5.99. The summed E-state index contributed by atoms with van der Waals surface area (Å²) in [5.74, 6) is 0.0218. The summed E-state index contributed by atoms with van der Waals surface area (Å²) >= 11 is 5.92. The van der Waals surface area contributed by atoms with Crippen molar-refractivity contribution in [2.24, 2.45) is 5.92 Å². The van der Waals surface area contributed by atoms with Gasteiger partial charge in [-0.05, 0) is 40.0 Å². The normalized spacial score (nSPS) is 13.4. The van der Waals surface area contributed by atoms with Crippen LogP contribution in [0.5, 0.6) is 0 Å². The Kier molecular flexibility index (Phi) is 15.8. The summed E-state index contributed by atoms with van der Waals surface area (Å²) in [6, 6.07) is 0. The summed E-state index contributed by atoms with van der Waals surface area (Å²) in [5, 5.41) is 0. The van der Waals surface area contributed by atoms with Gasteiger partial charge in [0, 0.05) is 31.6 Å². The monoisotopic (exact) mass is 350 g/mol. The molecular weight excluding hydrogens is 312 g/mol. The van der Waals surface area contributed by atoms with Crippen LogP contribution < -0.4 is 0 Å². The van der Waals surface area contributed by atoms with E-state index in [0.717, 1.165) is 19.3 Å². The molecule has 0 aliphatic heterocycles. The van der Waals surface area contributed by atoms with Gasteiger partial charge < -0.3 is 14.2 Å². The lowest BCUT2D eigenvalue weighted by Crippen LogP contribution is -2.46. The molecule has 4 heteroatoms. The van der Waals surface area contributed by atoms with E-state index in [-0.39, 0.29) is 5.92 Å². The van der Waals surface area contributed by atoms with Crippen molar-refractivity contribution in [3.63, 3.8) is 0 Å². The van der Waals surface area contributed by atoms with Gasteiger partial charge in [-0.2, -0.15) is 0 Å². The van der Waals surface area contributed by atoms with E-state index >= 15 is 0 Å². The Morgan fingerprint density at radius 3 is 1.65 bits per heavy atom. The van der Waals surface area contributed by atoms with Crippen molar-refractivity contribution in [3.05, 3.63) is 0 Å². The van der Waals surface area contributed by atoms with Gasteiger partial charge >= 0.3 is 0 Å². The van der Waals surface area contributed by atoms with Crippen LogP contribution >= 0.6 is 11.6 Å². The van der Waals surface area contributed by atoms with Crippen LogP contribution in [0.1, 0.15) is 85.5 Å². The highest BCUT2D eigenvalue weighted by molar-refractivity contribution is 6.17. The van der Waals surface area contributed by atoms with E-state index in [1.807, 2.05) is 20.8 Å². The van der Waals surface area contributed by atoms with Crippen molar-refractivity contribution in [3.8, 4) is 0 Å². The predicted molar refractivity (Wildman–Crippen MR) is 99.0 cm³/mol. The molecule has 0 aromatic rings. The summed E-state index contributed by atoms with van der Waals surface area (Å²) in [7, 11) is 0. The minimum atomic E-state index is -0.895. The van der Waals surface area contributed by atoms with Crippen molar-refractivity contribution in [2.75, 3.05) is 25.7 Å². The summed E-state index contributed by atoms with van der Waals surface area (Å²) < 4.78 is 17.9. The zero-order valence-electron chi connectivity index (χ0n) is 15.9. The number of alkyl halides is 1. The van der Waals surface area contributed by atoms with Gasteiger partial charge in [0.05, 0.1) is 0 Å². The molecule has 0 saturated heterocycles. The predicted octanol–water partition coefficient (Wildman–Crippen LogP) is 6.14. The maximum absolute atomic E-state index is 5.98. The molecule has 23 heavy (non-hydrogen) atoms. The van der Waals surface area contributed by atoms with Crippen molar-refractivity contribution in [1.82, 2.24) is 0 Å². The average Bonchev–Trinajstić information content (AvgIpc) is 2.54. The van der Waals surface area contributed by atoms with Gasteiger partial charge in [0.25, 0.3) is 5.97 Å². The summed E-state index contributed by atoms with van der Waals surface area (Å²) in [6.07, 6.45) is 10.8. The third kappa shape index (κ3) is 9.91. The second kappa shape index (κ2) is 15.7. The lowest BCUT2D eigenvalue weighted by Gasteiger charge is -2.39. The summed E-state index contributed by atoms with van der Waals surface area (Å²) in [5.41, 5.74) is 0. The molecule has 0 aliphatic rings. The van der Waals surface area contributed by atoms with E-state index in [9.17, 15) is 0 Å². The largest absolute Gasteiger partial charge is 0.328 e. The fraction of sp³-hybridized carbons (Fsp3) is 1.00. The minimum absolute atomic E-state index is 0.243. The number of rotatable bonds is 17. The molecule has 0 fully saturated rings. The average molecular weight is 351 g/mol. The van der Waals surface area contributed by atoms with Crippen LogP contribution in [0, 0.1) is 5.92 Å². The van der Waals surface area contributed by atoms with Crippen LogP contribution in [0.3, 0.4) is 0 Å². The van der Waals surface area contributed by atoms with Gasteiger partial charge in [0.2, 0.25) is 0 Å². The van der Waals surface area contributed by atoms with Gasteiger partial charge in [-0.25, -0.2) is 0 Å². The van der Waals surface area contributed by atoms with E-state index in [0.29, 0.717) is 25.7 Å². The Balaban J connectivity index is 4.68. The molecule has 140 valence electrons. The molecule has 0 aromatic heterocycles. The highest BCUT2D eigenvalue weighted by atomic mass is 35.5. The minimum Gasteiger partial charge on any atom is -0.328 e. The molecule has 0 rings (SSSR count). The molecule has 0 amide bonds. The van der Waals surface area contributed by atoms with Gasteiger partial charge in [-0.15, -0.1) is 11.6 Å². The van der Waals surface area contributed by atoms with Crippen LogP contribution in [0.15, 0.2) is 0 Å². The summed E-state index contributed by atoms with van der Waals surface area (Å²) in [6.45, 7) is 10.0. The van der Waals surface area contributed by atoms with Crippen molar-refractivity contribution >= 4 is 11.6 Å². The first kappa shape index (κ1) is 23.2. The van der Waals surface area contributed by atoms with Crippen LogP contribution in [0.2, 0.25) is 0 Å². The first-order valence-electron chi connectivity index (χ1n) is 9.68. The third-order valence-corrected chi connectivity index (χ3v) is 4.40. The fourth-order valence-corrected chi connectivity index (χ4v) is 3.23. The number of ether oxygens (including phenoxy) is 3. The molecule has 3 nitrogen and oxygen atoms in total. The van der Waals surface area contributed by atoms with Gasteiger partial charge in [0.15, 0.2) is 0 Å². The maximum atomic E-state index is 5.98. The maximum Gasteiger partial charge on any atom is 0.285 e. The van der Waals surface area contributed by atoms with Crippen molar-refractivity contribution in [1.29, 1.82) is 0 Å². The molecular formula is C19H39ClO3. The molecule has 1 atom stereocenters. The standard InChI is InChI=1S/C19H39ClO3/c1-5-9-10-11-12-13-15-18(16-14-17-20)19(21-6-2,22-7-3)23-8-4/h18H,5-17H2,1-4H3. The number of hydrogen-bond donors (Lipinski definition) is 0. The van der Waals surface area contributed by atoms with Crippen molar-refractivity contribution < 1.29 is 14.2 Å². The van der Waals surface area contributed by atoms with E-state index in [1.54, 1.807) is 0 Å². The molecule has 0 heterocycles. The van der Waals surface area contributed by atoms with Crippen molar-refractivity contribution in [2.45, 2.75) is 91.5 Å². The number of halogens is 1. The molecule has 0 saturated carbocycles. The Bertz CT molecular complexity index is 232. The Hall–Kier alpha value is 0.170. The first-order chi connectivity index (χ1) is 11.2. The molecule has 0 bridgehead atoms. The van der Waals surface area contributed by atoms with Gasteiger partial charge in [0.1, 0.15) is 0 Å². The van der Waals surface area contributed by atoms with Crippen LogP contribution in [0.25, 0.3) is 0 Å². The Morgan fingerprint density at radius 1 is 0.696 bits per heavy atom. The first-order valence-corrected chi connectivity index (χ1v) is 10.2. The lowest BCUT2D eigenvalue weighted by molar-refractivity contribution is -0.403. The van der Waals surface area contributed by atoms with E-state index in [2.05, 4.69) is 6.92 Å². The van der Waals surface area contributed by atoms with Gasteiger partial charge in [-0.1, -0.05) is 45.4 Å². The van der Waals surface area contributed by atoms with Crippen LogP contribution in [0.4, 0.5) is 0 Å². The zero-order valence-corrected chi connectivity index (χ0v) is 16.6. The molecule has 0 aliphatic carbocycles. The number of unbranched alkanes of at least 4 members (excludes halogenated alkanes) is 5. The van der Waals surface area contributed by atoms with Crippen LogP contribution in [-0.2, 0) is 14.2 Å². The topological polar surface area (TPSA) is 27.7 Å². The Morgan fingerprint density at radius 2 is 1.17 bits per heavy atom. The van der Waals surface area contributed by atoms with Crippen LogP contribution in [-0.4, -0.2) is 31.7 Å². The SMILES string of the molecule is CCCCCCCCC(CCCCl)C(OCC)(OCC)OCC. The van der Waals surface area contributed by atoms with E-state index in [4.69, 9.17) is 25.8 Å². The highest BCUT2D eigenvalue weighted by Gasteiger charge is 2.41. The lowest BCUT2D eigenvalue weighted by atomic mass is 9.93. The zero-order chi connectivity index (χ0) is 17.4. The Labute approximate surface area is 149 Å². The highest BCUT2D eigenvalue weighted by Crippen LogP contribution is 2.34. The molecule has 0 N–H and O–H groups in total. The van der Waals surface area contributed by atoms with E-state index in [1.165, 1.54) is 38.5 Å². The molecule has 1 unspecified atom stereocenters. The third-order valence-electron chi connectivity index (χ3n) is 4.13. The molecule has 0 spiro atoms. The quantitative estimate of drug-likeness (QED) is 0.179.